The lowest BCUT2D eigenvalue weighted by Crippen LogP contribution is -2.33. The smallest absolute Gasteiger partial charge is 0.144 e. The zero-order valence-electron chi connectivity index (χ0n) is 11.9. The maximum Gasteiger partial charge on any atom is 0.144 e. The number of nitrogens with two attached hydrogens (primary N) is 1. The van der Waals surface area contributed by atoms with Crippen LogP contribution in [0.4, 0.5) is 11.4 Å². The molecule has 1 aromatic rings. The van der Waals surface area contributed by atoms with E-state index in [4.69, 9.17) is 15.2 Å². The molecular weight excluding hydrogens is 228 g/mol. The fourth-order valence-corrected chi connectivity index (χ4v) is 1.79. The molecule has 0 spiro atoms. The molecule has 0 amide bonds. The molecule has 0 aromatic heterocycles. The van der Waals surface area contributed by atoms with Crippen molar-refractivity contribution in [2.24, 2.45) is 0 Å². The van der Waals surface area contributed by atoms with Crippen LogP contribution in [0.3, 0.4) is 0 Å². The molecule has 1 unspecified atom stereocenters. The van der Waals surface area contributed by atoms with E-state index in [-0.39, 0.29) is 12.1 Å². The van der Waals surface area contributed by atoms with Crippen LogP contribution >= 0.6 is 0 Å². The summed E-state index contributed by atoms with van der Waals surface area (Å²) in [5.74, 6) is 0.735. The van der Waals surface area contributed by atoms with Crippen molar-refractivity contribution in [3.63, 3.8) is 0 Å². The molecule has 1 atom stereocenters. The third-order valence-electron chi connectivity index (χ3n) is 2.85. The molecule has 0 aliphatic heterocycles. The molecule has 0 aliphatic carbocycles. The van der Waals surface area contributed by atoms with Gasteiger partial charge in [0.25, 0.3) is 0 Å². The number of hydrogen-bond donors (Lipinski definition) is 1. The lowest BCUT2D eigenvalue weighted by Gasteiger charge is -2.28. The van der Waals surface area contributed by atoms with Gasteiger partial charge in [-0.05, 0) is 32.9 Å². The van der Waals surface area contributed by atoms with Crippen LogP contribution in [-0.4, -0.2) is 32.9 Å². The fourth-order valence-electron chi connectivity index (χ4n) is 1.79. The number of hydrogen-bond acceptors (Lipinski definition) is 4. The quantitative estimate of drug-likeness (QED) is 0.790. The SMILES string of the molecule is COCC(C)N(C)c1cccc(OC(C)C)c1N. The van der Waals surface area contributed by atoms with E-state index in [9.17, 15) is 0 Å². The van der Waals surface area contributed by atoms with Crippen LogP contribution < -0.4 is 15.4 Å². The van der Waals surface area contributed by atoms with Crippen LogP contribution in [0, 0.1) is 0 Å². The first-order chi connectivity index (χ1) is 8.47. The zero-order chi connectivity index (χ0) is 13.7. The van der Waals surface area contributed by atoms with Gasteiger partial charge in [-0.3, -0.25) is 0 Å². The van der Waals surface area contributed by atoms with Crippen LogP contribution in [0.1, 0.15) is 20.8 Å². The molecule has 1 rings (SSSR count). The maximum absolute atomic E-state index is 6.16. The van der Waals surface area contributed by atoms with E-state index in [0.29, 0.717) is 12.3 Å². The molecule has 0 saturated carbocycles. The first-order valence-corrected chi connectivity index (χ1v) is 6.24. The van der Waals surface area contributed by atoms with Gasteiger partial charge in [-0.1, -0.05) is 6.07 Å². The highest BCUT2D eigenvalue weighted by atomic mass is 16.5. The highest BCUT2D eigenvalue weighted by molar-refractivity contribution is 5.74. The van der Waals surface area contributed by atoms with Crippen LogP contribution in [0.5, 0.6) is 5.75 Å². The van der Waals surface area contributed by atoms with Gasteiger partial charge in [-0.25, -0.2) is 0 Å². The number of nitrogens with zero attached hydrogens (tertiary/aromatic N) is 1. The summed E-state index contributed by atoms with van der Waals surface area (Å²) in [4.78, 5) is 2.10. The van der Waals surface area contributed by atoms with Crippen molar-refractivity contribution in [2.45, 2.75) is 32.9 Å². The van der Waals surface area contributed by atoms with Crippen LogP contribution in [-0.2, 0) is 4.74 Å². The third kappa shape index (κ3) is 3.53. The number of likely N-dealkylation sites (N-methyl/N-ethyl adjacent to an activating group) is 1. The second-order valence-electron chi connectivity index (χ2n) is 4.77. The van der Waals surface area contributed by atoms with Gasteiger partial charge in [0, 0.05) is 20.2 Å². The second kappa shape index (κ2) is 6.50. The molecular formula is C14H24N2O2. The summed E-state index contributed by atoms with van der Waals surface area (Å²) in [5, 5.41) is 0. The van der Waals surface area contributed by atoms with E-state index in [1.165, 1.54) is 0 Å². The standard InChI is InChI=1S/C14H24N2O2/c1-10(2)18-13-8-6-7-12(14(13)15)16(4)11(3)9-17-5/h6-8,10-11H,9,15H2,1-5H3. The summed E-state index contributed by atoms with van der Waals surface area (Å²) in [6, 6.07) is 6.11. The summed E-state index contributed by atoms with van der Waals surface area (Å²) in [5.41, 5.74) is 7.81. The van der Waals surface area contributed by atoms with Crippen molar-refractivity contribution in [3.8, 4) is 5.75 Å². The normalized spacial score (nSPS) is 12.6. The van der Waals surface area contributed by atoms with E-state index in [0.717, 1.165) is 11.4 Å². The maximum atomic E-state index is 6.16. The van der Waals surface area contributed by atoms with Gasteiger partial charge in [0.15, 0.2) is 0 Å². The fraction of sp³-hybridized carbons (Fsp3) is 0.571. The molecule has 0 aliphatic rings. The largest absolute Gasteiger partial charge is 0.489 e. The van der Waals surface area contributed by atoms with Crippen molar-refractivity contribution in [1.82, 2.24) is 0 Å². The first kappa shape index (κ1) is 14.6. The lowest BCUT2D eigenvalue weighted by atomic mass is 10.2. The summed E-state index contributed by atoms with van der Waals surface area (Å²) < 4.78 is 10.9. The minimum atomic E-state index is 0.115. The Bertz CT molecular complexity index is 380. The summed E-state index contributed by atoms with van der Waals surface area (Å²) in [6.45, 7) is 6.73. The number of nitrogen functional groups attached to an aromatic ring is 1. The van der Waals surface area contributed by atoms with Gasteiger partial charge in [-0.15, -0.1) is 0 Å². The average Bonchev–Trinajstić information content (AvgIpc) is 2.31. The lowest BCUT2D eigenvalue weighted by molar-refractivity contribution is 0.183. The molecule has 4 heteroatoms. The Morgan fingerprint density at radius 3 is 2.50 bits per heavy atom. The molecule has 0 bridgehead atoms. The Morgan fingerprint density at radius 1 is 1.28 bits per heavy atom. The van der Waals surface area contributed by atoms with Crippen molar-refractivity contribution in [3.05, 3.63) is 18.2 Å². The molecule has 0 heterocycles. The van der Waals surface area contributed by atoms with E-state index >= 15 is 0 Å². The van der Waals surface area contributed by atoms with Crippen LogP contribution in [0.15, 0.2) is 18.2 Å². The number of methoxy groups -OCH3 is 1. The Balaban J connectivity index is 2.95. The Hall–Kier alpha value is -1.42. The monoisotopic (exact) mass is 252 g/mol. The number of rotatable bonds is 6. The van der Waals surface area contributed by atoms with Crippen LogP contribution in [0.25, 0.3) is 0 Å². The number of para-hydroxylation sites is 1. The van der Waals surface area contributed by atoms with E-state index < -0.39 is 0 Å². The predicted octanol–water partition coefficient (Wildman–Crippen LogP) is 2.53. The molecule has 102 valence electrons. The van der Waals surface area contributed by atoms with E-state index in [2.05, 4.69) is 11.8 Å². The molecule has 0 saturated heterocycles. The van der Waals surface area contributed by atoms with Gasteiger partial charge in [0.1, 0.15) is 5.75 Å². The highest BCUT2D eigenvalue weighted by Gasteiger charge is 2.15. The molecule has 4 nitrogen and oxygen atoms in total. The second-order valence-corrected chi connectivity index (χ2v) is 4.77. The highest BCUT2D eigenvalue weighted by Crippen LogP contribution is 2.33. The van der Waals surface area contributed by atoms with E-state index in [1.54, 1.807) is 7.11 Å². The van der Waals surface area contributed by atoms with Gasteiger partial charge in [0.05, 0.1) is 24.1 Å². The van der Waals surface area contributed by atoms with Crippen molar-refractivity contribution in [2.75, 3.05) is 31.4 Å². The minimum absolute atomic E-state index is 0.115. The molecule has 0 fully saturated rings. The summed E-state index contributed by atoms with van der Waals surface area (Å²) >= 11 is 0. The zero-order valence-corrected chi connectivity index (χ0v) is 11.9. The molecule has 1 aromatic carbocycles. The van der Waals surface area contributed by atoms with Gasteiger partial charge < -0.3 is 20.1 Å². The number of ether oxygens (including phenoxy) is 2. The van der Waals surface area contributed by atoms with Gasteiger partial charge >= 0.3 is 0 Å². The number of anilines is 2. The van der Waals surface area contributed by atoms with E-state index in [1.807, 2.05) is 39.1 Å². The average molecular weight is 252 g/mol. The molecule has 0 radical (unpaired) electrons. The Labute approximate surface area is 110 Å². The third-order valence-corrected chi connectivity index (χ3v) is 2.85. The predicted molar refractivity (Wildman–Crippen MR) is 76.4 cm³/mol. The van der Waals surface area contributed by atoms with Crippen molar-refractivity contribution in [1.29, 1.82) is 0 Å². The van der Waals surface area contributed by atoms with Gasteiger partial charge in [-0.2, -0.15) is 0 Å². The Morgan fingerprint density at radius 2 is 1.94 bits per heavy atom. The minimum Gasteiger partial charge on any atom is -0.489 e. The van der Waals surface area contributed by atoms with Crippen molar-refractivity contribution >= 4 is 11.4 Å². The number of benzene rings is 1. The molecule has 18 heavy (non-hydrogen) atoms. The van der Waals surface area contributed by atoms with Gasteiger partial charge in [0.2, 0.25) is 0 Å². The first-order valence-electron chi connectivity index (χ1n) is 6.24. The summed E-state index contributed by atoms with van der Waals surface area (Å²) in [6.07, 6.45) is 0.115. The topological polar surface area (TPSA) is 47.7 Å². The van der Waals surface area contributed by atoms with Crippen molar-refractivity contribution < 1.29 is 9.47 Å². The Kier molecular flexibility index (Phi) is 5.28. The molecule has 2 N–H and O–H groups in total. The summed E-state index contributed by atoms with van der Waals surface area (Å²) in [7, 11) is 3.71. The van der Waals surface area contributed by atoms with Crippen LogP contribution in [0.2, 0.25) is 0 Å².